The van der Waals surface area contributed by atoms with Crippen LogP contribution in [0.2, 0.25) is 0 Å². The summed E-state index contributed by atoms with van der Waals surface area (Å²) in [5, 5.41) is 0. The van der Waals surface area contributed by atoms with Crippen molar-refractivity contribution in [3.8, 4) is 0 Å². The van der Waals surface area contributed by atoms with E-state index in [1.807, 2.05) is 0 Å². The minimum Gasteiger partial charge on any atom is -0.370 e. The molecule has 1 aliphatic rings. The van der Waals surface area contributed by atoms with Crippen LogP contribution in [0.25, 0.3) is 0 Å². The molecule has 0 spiro atoms. The molecule has 2 atom stereocenters. The molecule has 1 rings (SSSR count). The molecule has 1 nitrogen and oxygen atoms in total. The normalized spacial score (nSPS) is 19.8. The van der Waals surface area contributed by atoms with E-state index in [-0.39, 0.29) is 18.9 Å². The van der Waals surface area contributed by atoms with Crippen LogP contribution in [0.15, 0.2) is 0 Å². The molecule has 1 aliphatic heterocycles. The molecule has 26 heavy (non-hydrogen) atoms. The van der Waals surface area contributed by atoms with E-state index in [1.54, 1.807) is 0 Å². The van der Waals surface area contributed by atoms with Crippen molar-refractivity contribution in [1.82, 2.24) is 0 Å². The number of rotatable bonds is 19. The lowest BCUT2D eigenvalue weighted by atomic mass is 10.0. The Kier molecular flexibility index (Phi) is 13.6. The van der Waals surface area contributed by atoms with Gasteiger partial charge in [-0.25, -0.2) is 8.78 Å². The summed E-state index contributed by atoms with van der Waals surface area (Å²) in [6, 6.07) is 0. The second-order valence-electron chi connectivity index (χ2n) is 8.39. The monoisotopic (exact) mass is 374 g/mol. The minimum absolute atomic E-state index is 0.0480. The summed E-state index contributed by atoms with van der Waals surface area (Å²) in [4.78, 5) is 0. The summed E-state index contributed by atoms with van der Waals surface area (Å²) < 4.78 is 33.5. The fourth-order valence-corrected chi connectivity index (χ4v) is 3.84. The molecule has 0 aliphatic carbocycles. The standard InChI is InChI=1S/C23H44F2O/c1-3-5-7-9-11-13-15-19-23(24,25)20-16-18-22-21(26-22)17-14-12-10-8-6-4-2/h21-22H,3-20H2,1-2H3. The van der Waals surface area contributed by atoms with Gasteiger partial charge in [-0.3, -0.25) is 0 Å². The molecule has 1 heterocycles. The van der Waals surface area contributed by atoms with E-state index < -0.39 is 5.92 Å². The molecule has 156 valence electrons. The predicted octanol–water partition coefficient (Wildman–Crippen LogP) is 8.45. The number of unbranched alkanes of at least 4 members (excludes halogenated alkanes) is 11. The predicted molar refractivity (Wildman–Crippen MR) is 108 cm³/mol. The van der Waals surface area contributed by atoms with Crippen LogP contribution in [0.1, 0.15) is 129 Å². The summed E-state index contributed by atoms with van der Waals surface area (Å²) in [7, 11) is 0. The number of ether oxygens (including phenoxy) is 1. The highest BCUT2D eigenvalue weighted by Crippen LogP contribution is 2.34. The molecule has 1 fully saturated rings. The van der Waals surface area contributed by atoms with Crippen molar-refractivity contribution in [2.75, 3.05) is 0 Å². The third-order valence-electron chi connectivity index (χ3n) is 5.71. The summed E-state index contributed by atoms with van der Waals surface area (Å²) in [6.45, 7) is 4.44. The number of epoxide rings is 1. The van der Waals surface area contributed by atoms with Gasteiger partial charge in [0.05, 0.1) is 12.2 Å². The van der Waals surface area contributed by atoms with E-state index in [1.165, 1.54) is 64.2 Å². The molecule has 0 amide bonds. The highest BCUT2D eigenvalue weighted by atomic mass is 19.3. The van der Waals surface area contributed by atoms with Gasteiger partial charge in [-0.1, -0.05) is 90.9 Å². The molecule has 0 radical (unpaired) electrons. The third-order valence-corrected chi connectivity index (χ3v) is 5.71. The van der Waals surface area contributed by atoms with E-state index >= 15 is 0 Å². The highest BCUT2D eigenvalue weighted by molar-refractivity contribution is 4.85. The highest BCUT2D eigenvalue weighted by Gasteiger charge is 2.38. The molecular formula is C23H44F2O. The lowest BCUT2D eigenvalue weighted by Crippen LogP contribution is -2.16. The van der Waals surface area contributed by atoms with Gasteiger partial charge in [0.25, 0.3) is 0 Å². The first-order valence-corrected chi connectivity index (χ1v) is 11.6. The van der Waals surface area contributed by atoms with Crippen LogP contribution in [-0.2, 0) is 4.74 Å². The number of halogens is 2. The Balaban J connectivity index is 1.90. The summed E-state index contributed by atoms with van der Waals surface area (Å²) in [5.74, 6) is -2.47. The topological polar surface area (TPSA) is 12.5 Å². The zero-order valence-electron chi connectivity index (χ0n) is 17.5. The van der Waals surface area contributed by atoms with Gasteiger partial charge in [0, 0.05) is 12.8 Å². The number of hydrogen-bond donors (Lipinski definition) is 0. The van der Waals surface area contributed by atoms with Gasteiger partial charge in [-0.05, 0) is 25.7 Å². The average molecular weight is 375 g/mol. The quantitative estimate of drug-likeness (QED) is 0.163. The average Bonchev–Trinajstić information content (AvgIpc) is 3.35. The fraction of sp³-hybridized carbons (Fsp3) is 1.00. The fourth-order valence-electron chi connectivity index (χ4n) is 3.84. The maximum absolute atomic E-state index is 13.9. The first-order valence-electron chi connectivity index (χ1n) is 11.6. The molecule has 0 saturated carbocycles. The Morgan fingerprint density at radius 3 is 1.58 bits per heavy atom. The minimum atomic E-state index is -2.47. The molecule has 1 saturated heterocycles. The maximum Gasteiger partial charge on any atom is 0.248 e. The molecule has 0 aromatic rings. The van der Waals surface area contributed by atoms with E-state index in [0.29, 0.717) is 18.9 Å². The van der Waals surface area contributed by atoms with Crippen molar-refractivity contribution in [2.45, 2.75) is 148 Å². The zero-order valence-corrected chi connectivity index (χ0v) is 17.5. The van der Waals surface area contributed by atoms with Gasteiger partial charge >= 0.3 is 0 Å². The van der Waals surface area contributed by atoms with Crippen LogP contribution in [0.5, 0.6) is 0 Å². The van der Waals surface area contributed by atoms with Gasteiger partial charge < -0.3 is 4.74 Å². The Hall–Kier alpha value is -0.180. The van der Waals surface area contributed by atoms with Crippen LogP contribution in [0.4, 0.5) is 8.78 Å². The van der Waals surface area contributed by atoms with Gasteiger partial charge in [0.1, 0.15) is 0 Å². The van der Waals surface area contributed by atoms with Gasteiger partial charge in [-0.15, -0.1) is 0 Å². The van der Waals surface area contributed by atoms with Crippen LogP contribution in [0.3, 0.4) is 0 Å². The zero-order chi connectivity index (χ0) is 19.1. The SMILES string of the molecule is CCCCCCCCCC(F)(F)CCCC1OC1CCCCCCCC. The number of alkyl halides is 2. The van der Waals surface area contributed by atoms with Gasteiger partial charge in [0.15, 0.2) is 0 Å². The van der Waals surface area contributed by atoms with Crippen molar-refractivity contribution < 1.29 is 13.5 Å². The van der Waals surface area contributed by atoms with E-state index in [9.17, 15) is 8.78 Å². The number of hydrogen-bond acceptors (Lipinski definition) is 1. The first-order chi connectivity index (χ1) is 12.6. The third kappa shape index (κ3) is 13.1. The maximum atomic E-state index is 13.9. The van der Waals surface area contributed by atoms with Crippen molar-refractivity contribution in [1.29, 1.82) is 0 Å². The second kappa shape index (κ2) is 14.8. The van der Waals surface area contributed by atoms with E-state index in [0.717, 1.165) is 25.7 Å². The largest absolute Gasteiger partial charge is 0.370 e. The van der Waals surface area contributed by atoms with Crippen molar-refractivity contribution in [3.63, 3.8) is 0 Å². The molecule has 0 aromatic heterocycles. The van der Waals surface area contributed by atoms with Crippen LogP contribution in [-0.4, -0.2) is 18.1 Å². The van der Waals surface area contributed by atoms with Crippen LogP contribution >= 0.6 is 0 Å². The van der Waals surface area contributed by atoms with Crippen LogP contribution < -0.4 is 0 Å². The smallest absolute Gasteiger partial charge is 0.248 e. The summed E-state index contributed by atoms with van der Waals surface area (Å²) in [5.41, 5.74) is 0. The van der Waals surface area contributed by atoms with Crippen molar-refractivity contribution in [2.24, 2.45) is 0 Å². The second-order valence-corrected chi connectivity index (χ2v) is 8.39. The summed E-state index contributed by atoms with van der Waals surface area (Å²) in [6.07, 6.45) is 18.9. The Labute approximate surface area is 161 Å². The van der Waals surface area contributed by atoms with Gasteiger partial charge in [0.2, 0.25) is 5.92 Å². The van der Waals surface area contributed by atoms with Crippen LogP contribution in [0, 0.1) is 0 Å². The molecule has 2 unspecified atom stereocenters. The Morgan fingerprint density at radius 1 is 0.577 bits per heavy atom. The van der Waals surface area contributed by atoms with Crippen molar-refractivity contribution >= 4 is 0 Å². The molecule has 0 aromatic carbocycles. The Morgan fingerprint density at radius 2 is 1.00 bits per heavy atom. The lowest BCUT2D eigenvalue weighted by Gasteiger charge is -2.15. The van der Waals surface area contributed by atoms with E-state index in [4.69, 9.17) is 4.74 Å². The first kappa shape index (κ1) is 23.9. The van der Waals surface area contributed by atoms with E-state index in [2.05, 4.69) is 13.8 Å². The lowest BCUT2D eigenvalue weighted by molar-refractivity contribution is -0.0208. The van der Waals surface area contributed by atoms with Crippen molar-refractivity contribution in [3.05, 3.63) is 0 Å². The molecule has 3 heteroatoms. The Bertz CT molecular complexity index is 319. The van der Waals surface area contributed by atoms with Gasteiger partial charge in [-0.2, -0.15) is 0 Å². The molecule has 0 N–H and O–H groups in total. The molecule has 0 bridgehead atoms. The molecular weight excluding hydrogens is 330 g/mol. The summed E-state index contributed by atoms with van der Waals surface area (Å²) >= 11 is 0.